The van der Waals surface area contributed by atoms with Crippen LogP contribution in [0.1, 0.15) is 12.7 Å². The maximum absolute atomic E-state index is 11.3. The summed E-state index contributed by atoms with van der Waals surface area (Å²) in [5.74, 6) is 1.98. The predicted molar refractivity (Wildman–Crippen MR) is 125 cm³/mol. The number of nitrogen functional groups attached to an aromatic ring is 1. The number of aromatic amines is 1. The number of hydrogen-bond acceptors (Lipinski definition) is 8. The SMILES string of the molecule is CC(=O)Nc1ccc(-c2ccc3nc(Nc4ccn[nH]4)c(-c4cc(N)nc(C)n4)n3n2)cc1. The van der Waals surface area contributed by atoms with Crippen molar-refractivity contribution in [3.05, 3.63) is 60.6 Å². The largest absolute Gasteiger partial charge is 0.384 e. The number of nitrogens with two attached hydrogens (primary N) is 1. The molecule has 4 heterocycles. The Hall–Kier alpha value is -4.80. The summed E-state index contributed by atoms with van der Waals surface area (Å²) in [6, 6.07) is 14.7. The summed E-state index contributed by atoms with van der Waals surface area (Å²) < 4.78 is 1.72. The fourth-order valence-corrected chi connectivity index (χ4v) is 3.50. The number of nitrogens with one attached hydrogen (secondary N) is 3. The van der Waals surface area contributed by atoms with E-state index in [-0.39, 0.29) is 5.91 Å². The molecule has 164 valence electrons. The van der Waals surface area contributed by atoms with E-state index in [0.717, 1.165) is 11.3 Å². The Bertz CT molecular complexity index is 1430. The molecule has 0 atom stereocenters. The third kappa shape index (κ3) is 4.06. The topological polar surface area (TPSA) is 152 Å². The van der Waals surface area contributed by atoms with E-state index in [1.807, 2.05) is 36.4 Å². The highest BCUT2D eigenvalue weighted by Crippen LogP contribution is 2.31. The van der Waals surface area contributed by atoms with Crippen molar-refractivity contribution in [1.82, 2.24) is 34.8 Å². The zero-order valence-electron chi connectivity index (χ0n) is 17.9. The Labute approximate surface area is 188 Å². The number of nitrogens with zero attached hydrogens (tertiary/aromatic N) is 6. The van der Waals surface area contributed by atoms with E-state index in [4.69, 9.17) is 15.8 Å². The van der Waals surface area contributed by atoms with Crippen LogP contribution >= 0.6 is 0 Å². The van der Waals surface area contributed by atoms with E-state index in [1.165, 1.54) is 6.92 Å². The maximum atomic E-state index is 11.3. The number of aryl methyl sites for hydroxylation is 1. The molecule has 11 nitrogen and oxygen atoms in total. The zero-order valence-corrected chi connectivity index (χ0v) is 17.9. The molecule has 5 rings (SSSR count). The normalized spacial score (nSPS) is 11.0. The number of H-pyrrole nitrogens is 1. The van der Waals surface area contributed by atoms with E-state index in [0.29, 0.717) is 46.0 Å². The standard InChI is InChI=1S/C22H20N10O/c1-12-25-17(11-18(23)26-12)21-22(28-19-9-10-24-30-19)29-20-8-7-16(31-32(20)21)14-3-5-15(6-4-14)27-13(2)33/h3-11H,1-2H3,(H,27,33)(H2,23,25,26)(H2,24,28,30). The maximum Gasteiger partial charge on any atom is 0.221 e. The highest BCUT2D eigenvalue weighted by atomic mass is 16.1. The van der Waals surface area contributed by atoms with Gasteiger partial charge in [0.15, 0.2) is 11.5 Å². The van der Waals surface area contributed by atoms with Gasteiger partial charge < -0.3 is 16.4 Å². The Kier molecular flexibility index (Phi) is 4.90. The highest BCUT2D eigenvalue weighted by molar-refractivity contribution is 5.89. The molecule has 0 aliphatic carbocycles. The van der Waals surface area contributed by atoms with Crippen molar-refractivity contribution in [2.75, 3.05) is 16.4 Å². The lowest BCUT2D eigenvalue weighted by molar-refractivity contribution is -0.114. The Balaban J connectivity index is 1.64. The molecule has 1 aromatic carbocycles. The Morgan fingerprint density at radius 2 is 1.85 bits per heavy atom. The fraction of sp³-hybridized carbons (Fsp3) is 0.0909. The molecule has 0 radical (unpaired) electrons. The van der Waals surface area contributed by atoms with Gasteiger partial charge in [-0.15, -0.1) is 0 Å². The summed E-state index contributed by atoms with van der Waals surface area (Å²) in [5.41, 5.74) is 10.2. The molecule has 0 bridgehead atoms. The molecule has 0 spiro atoms. The Morgan fingerprint density at radius 3 is 2.55 bits per heavy atom. The van der Waals surface area contributed by atoms with E-state index in [2.05, 4.69) is 30.8 Å². The first-order valence-corrected chi connectivity index (χ1v) is 10.1. The van der Waals surface area contributed by atoms with Crippen LogP contribution in [0.2, 0.25) is 0 Å². The van der Waals surface area contributed by atoms with Crippen LogP contribution in [0.5, 0.6) is 0 Å². The van der Waals surface area contributed by atoms with Gasteiger partial charge in [0.05, 0.1) is 17.6 Å². The molecule has 0 unspecified atom stereocenters. The van der Waals surface area contributed by atoms with E-state index >= 15 is 0 Å². The van der Waals surface area contributed by atoms with Crippen molar-refractivity contribution in [3.8, 4) is 22.6 Å². The molecular weight excluding hydrogens is 420 g/mol. The second-order valence-electron chi connectivity index (χ2n) is 7.38. The molecule has 33 heavy (non-hydrogen) atoms. The lowest BCUT2D eigenvalue weighted by Gasteiger charge is -2.08. The summed E-state index contributed by atoms with van der Waals surface area (Å²) in [6.45, 7) is 3.25. The van der Waals surface area contributed by atoms with Crippen LogP contribution in [0.25, 0.3) is 28.3 Å². The summed E-state index contributed by atoms with van der Waals surface area (Å²) in [4.78, 5) is 24.7. The van der Waals surface area contributed by atoms with Crippen LogP contribution in [0.15, 0.2) is 54.7 Å². The Morgan fingerprint density at radius 1 is 1.03 bits per heavy atom. The van der Waals surface area contributed by atoms with Crippen molar-refractivity contribution in [3.63, 3.8) is 0 Å². The van der Waals surface area contributed by atoms with Gasteiger partial charge in [-0.25, -0.2) is 19.5 Å². The number of rotatable bonds is 5. The quantitative estimate of drug-likeness (QED) is 0.325. The van der Waals surface area contributed by atoms with Crippen LogP contribution < -0.4 is 16.4 Å². The molecule has 0 aliphatic rings. The number of carbonyl (C=O) groups excluding carboxylic acids is 1. The molecule has 4 aromatic heterocycles. The van der Waals surface area contributed by atoms with Crippen molar-refractivity contribution >= 4 is 34.7 Å². The van der Waals surface area contributed by atoms with Gasteiger partial charge in [-0.1, -0.05) is 12.1 Å². The number of aromatic nitrogens is 7. The molecule has 5 N–H and O–H groups in total. The second kappa shape index (κ2) is 8.04. The van der Waals surface area contributed by atoms with Gasteiger partial charge in [-0.2, -0.15) is 10.2 Å². The van der Waals surface area contributed by atoms with Crippen LogP contribution in [0.3, 0.4) is 0 Å². The van der Waals surface area contributed by atoms with Gasteiger partial charge >= 0.3 is 0 Å². The third-order valence-electron chi connectivity index (χ3n) is 4.83. The minimum atomic E-state index is -0.123. The molecule has 0 aliphatic heterocycles. The average molecular weight is 440 g/mol. The first-order valence-electron chi connectivity index (χ1n) is 10.1. The van der Waals surface area contributed by atoms with E-state index in [9.17, 15) is 4.79 Å². The minimum Gasteiger partial charge on any atom is -0.384 e. The monoisotopic (exact) mass is 440 g/mol. The molecule has 0 saturated carbocycles. The highest BCUT2D eigenvalue weighted by Gasteiger charge is 2.19. The van der Waals surface area contributed by atoms with Crippen molar-refractivity contribution in [2.24, 2.45) is 0 Å². The number of carbonyl (C=O) groups is 1. The van der Waals surface area contributed by atoms with Crippen LogP contribution in [0.4, 0.5) is 23.1 Å². The number of imidazole rings is 1. The van der Waals surface area contributed by atoms with Gasteiger partial charge in [-0.3, -0.25) is 9.89 Å². The van der Waals surface area contributed by atoms with Gasteiger partial charge in [0.25, 0.3) is 0 Å². The zero-order chi connectivity index (χ0) is 22.9. The summed E-state index contributed by atoms with van der Waals surface area (Å²) in [5, 5.41) is 17.7. The first kappa shape index (κ1) is 20.1. The summed E-state index contributed by atoms with van der Waals surface area (Å²) in [6.07, 6.45) is 1.64. The van der Waals surface area contributed by atoms with Crippen molar-refractivity contribution in [1.29, 1.82) is 0 Å². The van der Waals surface area contributed by atoms with Crippen LogP contribution in [-0.4, -0.2) is 40.7 Å². The van der Waals surface area contributed by atoms with Gasteiger partial charge in [0.1, 0.15) is 23.2 Å². The van der Waals surface area contributed by atoms with Gasteiger partial charge in [0.2, 0.25) is 5.91 Å². The predicted octanol–water partition coefficient (Wildman–Crippen LogP) is 3.17. The second-order valence-corrected chi connectivity index (χ2v) is 7.38. The molecule has 11 heteroatoms. The third-order valence-corrected chi connectivity index (χ3v) is 4.83. The first-order chi connectivity index (χ1) is 16.0. The molecular formula is C22H20N10O. The smallest absolute Gasteiger partial charge is 0.221 e. The van der Waals surface area contributed by atoms with Crippen LogP contribution in [0, 0.1) is 6.92 Å². The number of amides is 1. The number of hydrogen-bond donors (Lipinski definition) is 4. The van der Waals surface area contributed by atoms with E-state index in [1.54, 1.807) is 29.8 Å². The number of fused-ring (bicyclic) bond motifs is 1. The molecule has 1 amide bonds. The molecule has 0 fully saturated rings. The fourth-order valence-electron chi connectivity index (χ4n) is 3.50. The number of anilines is 4. The van der Waals surface area contributed by atoms with Crippen LogP contribution in [-0.2, 0) is 4.79 Å². The van der Waals surface area contributed by atoms with Gasteiger partial charge in [0, 0.05) is 30.3 Å². The van der Waals surface area contributed by atoms with Crippen molar-refractivity contribution < 1.29 is 4.79 Å². The van der Waals surface area contributed by atoms with Crippen molar-refractivity contribution in [2.45, 2.75) is 13.8 Å². The lowest BCUT2D eigenvalue weighted by Crippen LogP contribution is -2.05. The lowest BCUT2D eigenvalue weighted by atomic mass is 10.1. The molecule has 5 aromatic rings. The van der Waals surface area contributed by atoms with Gasteiger partial charge in [-0.05, 0) is 31.2 Å². The number of benzene rings is 1. The summed E-state index contributed by atoms with van der Waals surface area (Å²) >= 11 is 0. The average Bonchev–Trinajstić information content (AvgIpc) is 3.40. The van der Waals surface area contributed by atoms with E-state index < -0.39 is 0 Å². The minimum absolute atomic E-state index is 0.123. The molecule has 0 saturated heterocycles. The summed E-state index contributed by atoms with van der Waals surface area (Å²) in [7, 11) is 0.